The largest absolute Gasteiger partial charge is 0.497 e. The average Bonchev–Trinajstić information content (AvgIpc) is 2.29. The number of aliphatic hydroxyl groups excluding tert-OH is 2. The number of carbonyl (C=O) groups is 6. The highest BCUT2D eigenvalue weighted by molar-refractivity contribution is 7.89. The third-order valence-electron chi connectivity index (χ3n) is 15.1. The van der Waals surface area contributed by atoms with Crippen molar-refractivity contribution in [2.24, 2.45) is 5.92 Å². The highest BCUT2D eigenvalue weighted by Gasteiger charge is 2.41. The van der Waals surface area contributed by atoms with E-state index in [9.17, 15) is 55.8 Å². The number of aryl methyl sites for hydroxylation is 1. The van der Waals surface area contributed by atoms with E-state index < -0.39 is 80.5 Å². The van der Waals surface area contributed by atoms with Gasteiger partial charge in [-0.25, -0.2) is 26.4 Å². The van der Waals surface area contributed by atoms with Crippen LogP contribution in [0.1, 0.15) is 70.0 Å². The lowest BCUT2D eigenvalue weighted by Crippen LogP contribution is -2.53. The van der Waals surface area contributed by atoms with Crippen molar-refractivity contribution >= 4 is 78.3 Å². The van der Waals surface area contributed by atoms with Crippen LogP contribution in [0.2, 0.25) is 0 Å². The number of nitrogens with one attached hydrogen (secondary N) is 2. The zero-order chi connectivity index (χ0) is 65.6. The fourth-order valence-electron chi connectivity index (χ4n) is 10.2. The molecule has 2 saturated heterocycles. The summed E-state index contributed by atoms with van der Waals surface area (Å²) in [6, 6.07) is 45.7. The van der Waals surface area contributed by atoms with Crippen LogP contribution in [0.5, 0.6) is 5.75 Å². The summed E-state index contributed by atoms with van der Waals surface area (Å²) in [7, 11) is -6.63. The highest BCUT2D eigenvalue weighted by Crippen LogP contribution is 2.28. The second-order valence-corrected chi connectivity index (χ2v) is 27.4. The van der Waals surface area contributed by atoms with Crippen molar-refractivity contribution in [1.82, 2.24) is 19.2 Å². The molecule has 9 rings (SSSR count). The number of ether oxygens (including phenoxy) is 3. The molecule has 2 aliphatic heterocycles. The van der Waals surface area contributed by atoms with Gasteiger partial charge in [0.25, 0.3) is 11.8 Å². The van der Waals surface area contributed by atoms with Crippen LogP contribution in [-0.4, -0.2) is 148 Å². The van der Waals surface area contributed by atoms with Crippen molar-refractivity contribution in [1.29, 1.82) is 0 Å². The third kappa shape index (κ3) is 18.1. The zero-order valence-electron chi connectivity index (χ0n) is 51.2. The smallest absolute Gasteiger partial charge is 0.415 e. The molecule has 1 aromatic heterocycles. The number of aliphatic hydroxyl groups is 2. The van der Waals surface area contributed by atoms with Crippen molar-refractivity contribution in [3.05, 3.63) is 208 Å². The summed E-state index contributed by atoms with van der Waals surface area (Å²) in [6.07, 6.45) is -6.05. The summed E-state index contributed by atoms with van der Waals surface area (Å²) in [6.45, 7) is 7.88. The van der Waals surface area contributed by atoms with E-state index in [1.165, 1.54) is 68.9 Å². The molecule has 0 saturated carbocycles. The van der Waals surface area contributed by atoms with Gasteiger partial charge in [-0.1, -0.05) is 98.8 Å². The lowest BCUT2D eigenvalue weighted by atomic mass is 10.0. The van der Waals surface area contributed by atoms with Crippen LogP contribution < -0.4 is 25.2 Å². The molecule has 480 valence electrons. The summed E-state index contributed by atoms with van der Waals surface area (Å²) in [4.78, 5) is 79.1. The summed E-state index contributed by atoms with van der Waals surface area (Å²) in [5.74, 6) is -1.14. The predicted molar refractivity (Wildman–Crippen MR) is 344 cm³/mol. The molecule has 6 atom stereocenters. The molecule has 0 aliphatic carbocycles. The van der Waals surface area contributed by atoms with Crippen molar-refractivity contribution in [3.63, 3.8) is 0 Å². The SMILES string of the molecule is CC(=O)c1ccc(N2C[C@@H](C(=O)N[C@@H](Cc3ccccc3)[C@H](O)CN(CC(C)C)S(=O)(=O)c3cccc(C)c3)OC2=O)cc1.COc1cccc(S(=O)(=O)N(Cc2cccs2)C[C@@H](O)[C@H](Cc2ccccc2)NC(=O)[C@@H]2CN(c3ccc(C(C)=O)cc3)C(=O)O2)c1. The Kier molecular flexibility index (Phi) is 23.2. The van der Waals surface area contributed by atoms with Gasteiger partial charge in [-0.3, -0.25) is 29.0 Å². The standard InChI is InChI=1S/C34H35N3O8S2.C33H39N3O7S/c1-23(38)25-13-15-26(16-14-25)37-22-32(45-34(37)41)33(40)35-30(18-24-8-4-3-5-9-24)31(39)21-36(20-28-11-7-17-46-28)47(42,43)29-12-6-10-27(19-29)44-2;1-22(2)19-35(44(41,42)28-12-8-9-23(3)17-28)20-30(38)29(18-25-10-6-5-7-11-25)34-32(39)31-21-36(33(40)43-31)27-15-13-26(14-16-27)24(4)37/h3-17,19,30-32,39H,18,20-22H2,1-2H3,(H,35,40);5-17,22,29-31,38H,18-21H2,1-4H3,(H,34,39)/t30-,31+,32-;29-,30+,31-/m00/s1. The van der Waals surface area contributed by atoms with Crippen molar-refractivity contribution in [2.75, 3.05) is 49.6 Å². The zero-order valence-corrected chi connectivity index (χ0v) is 53.6. The van der Waals surface area contributed by atoms with Gasteiger partial charge in [0.15, 0.2) is 23.8 Å². The van der Waals surface area contributed by atoms with E-state index in [4.69, 9.17) is 14.2 Å². The molecule has 4 N–H and O–H groups in total. The lowest BCUT2D eigenvalue weighted by molar-refractivity contribution is -0.130. The van der Waals surface area contributed by atoms with Crippen LogP contribution in [-0.2, 0) is 58.5 Å². The van der Waals surface area contributed by atoms with Gasteiger partial charge in [0.1, 0.15) is 5.75 Å². The van der Waals surface area contributed by atoms with Gasteiger partial charge in [-0.2, -0.15) is 8.61 Å². The molecule has 7 aromatic rings. The number of nitrogens with zero attached hydrogens (tertiary/aromatic N) is 4. The summed E-state index contributed by atoms with van der Waals surface area (Å²) in [5, 5.41) is 30.6. The molecule has 3 heterocycles. The minimum absolute atomic E-state index is 0.00135. The summed E-state index contributed by atoms with van der Waals surface area (Å²) < 4.78 is 73.7. The number of carbonyl (C=O) groups excluding carboxylic acids is 6. The second-order valence-electron chi connectivity index (χ2n) is 22.5. The molecule has 0 spiro atoms. The molecule has 91 heavy (non-hydrogen) atoms. The Balaban J connectivity index is 0.000000235. The van der Waals surface area contributed by atoms with Crippen LogP contribution >= 0.6 is 11.3 Å². The van der Waals surface area contributed by atoms with E-state index in [1.807, 2.05) is 105 Å². The Morgan fingerprint density at radius 2 is 1.04 bits per heavy atom. The van der Waals surface area contributed by atoms with Gasteiger partial charge in [-0.05, 0) is 140 Å². The third-order valence-corrected chi connectivity index (χ3v) is 19.6. The predicted octanol–water partition coefficient (Wildman–Crippen LogP) is 8.22. The van der Waals surface area contributed by atoms with E-state index in [0.717, 1.165) is 21.6 Å². The van der Waals surface area contributed by atoms with Gasteiger partial charge in [0, 0.05) is 59.6 Å². The molecule has 0 bridgehead atoms. The number of Topliss-reactive ketones (excluding diaryl/α,β-unsaturated/α-hetero) is 2. The molecule has 4 amide bonds. The maximum atomic E-state index is 13.9. The summed E-state index contributed by atoms with van der Waals surface area (Å²) in [5.41, 5.74) is 4.32. The number of rotatable bonds is 27. The van der Waals surface area contributed by atoms with E-state index in [2.05, 4.69) is 10.6 Å². The first-order valence-corrected chi connectivity index (χ1v) is 33.1. The van der Waals surface area contributed by atoms with Crippen LogP contribution in [0.4, 0.5) is 21.0 Å². The fourth-order valence-corrected chi connectivity index (χ4v) is 14.2. The highest BCUT2D eigenvalue weighted by atomic mass is 32.2. The fraction of sp³-hybridized carbons (Fsp3) is 0.313. The first-order valence-electron chi connectivity index (χ1n) is 29.4. The Morgan fingerprint density at radius 1 is 0.593 bits per heavy atom. The number of cyclic esters (lactones) is 2. The van der Waals surface area contributed by atoms with Gasteiger partial charge in [0.2, 0.25) is 20.0 Å². The number of benzene rings is 6. The summed E-state index contributed by atoms with van der Waals surface area (Å²) >= 11 is 1.38. The number of ketones is 2. The van der Waals surface area contributed by atoms with Gasteiger partial charge in [-0.15, -0.1) is 11.3 Å². The average molecular weight is 1300 g/mol. The first-order chi connectivity index (χ1) is 43.4. The second kappa shape index (κ2) is 30.9. The molecular weight excluding hydrogens is 1220 g/mol. The van der Waals surface area contributed by atoms with Crippen LogP contribution in [0, 0.1) is 12.8 Å². The van der Waals surface area contributed by atoms with Crippen LogP contribution in [0.15, 0.2) is 185 Å². The lowest BCUT2D eigenvalue weighted by Gasteiger charge is -2.31. The Morgan fingerprint density at radius 3 is 1.47 bits per heavy atom. The van der Waals surface area contributed by atoms with E-state index in [-0.39, 0.29) is 79.4 Å². The van der Waals surface area contributed by atoms with Gasteiger partial charge >= 0.3 is 12.2 Å². The molecular formula is C67H74N6O15S3. The van der Waals surface area contributed by atoms with Crippen molar-refractivity contribution < 1.29 is 70.0 Å². The van der Waals surface area contributed by atoms with Crippen LogP contribution in [0.25, 0.3) is 0 Å². The van der Waals surface area contributed by atoms with E-state index in [1.54, 1.807) is 72.8 Å². The Labute approximate surface area is 534 Å². The number of anilines is 2. The monoisotopic (exact) mass is 1300 g/mol. The maximum Gasteiger partial charge on any atom is 0.415 e. The van der Waals surface area contributed by atoms with Crippen molar-refractivity contribution in [3.8, 4) is 5.75 Å². The number of sulfonamides is 2. The number of amides is 4. The minimum Gasteiger partial charge on any atom is -0.497 e. The first kappa shape index (κ1) is 68.3. The number of methoxy groups -OCH3 is 1. The van der Waals surface area contributed by atoms with Crippen LogP contribution in [0.3, 0.4) is 0 Å². The normalized spacial score (nSPS) is 16.3. The minimum atomic E-state index is -4.12. The molecule has 0 radical (unpaired) electrons. The molecule has 2 fully saturated rings. The van der Waals surface area contributed by atoms with Crippen molar-refractivity contribution in [2.45, 2.75) is 100 Å². The topological polar surface area (TPSA) is 276 Å². The maximum absolute atomic E-state index is 13.9. The Hall–Kier alpha value is -8.62. The number of hydrogen-bond donors (Lipinski definition) is 4. The van der Waals surface area contributed by atoms with Gasteiger partial charge < -0.3 is 35.1 Å². The molecule has 2 aliphatic rings. The van der Waals surface area contributed by atoms with E-state index in [0.29, 0.717) is 28.3 Å². The molecule has 6 aromatic carbocycles. The number of hydrogen-bond acceptors (Lipinski definition) is 16. The molecule has 21 nitrogen and oxygen atoms in total. The molecule has 0 unspecified atom stereocenters. The quantitative estimate of drug-likeness (QED) is 0.0353. The molecule has 24 heteroatoms. The Bertz CT molecular complexity index is 3880. The number of thiophene rings is 1. The van der Waals surface area contributed by atoms with Gasteiger partial charge in [0.05, 0.1) is 54.3 Å². The van der Waals surface area contributed by atoms with E-state index >= 15 is 0 Å².